The predicted octanol–water partition coefficient (Wildman–Crippen LogP) is 3.90. The number of nitrogens with zero attached hydrogens (tertiary/aromatic N) is 3. The van der Waals surface area contributed by atoms with Crippen LogP contribution < -0.4 is 20.5 Å². The summed E-state index contributed by atoms with van der Waals surface area (Å²) < 4.78 is 15.9. The predicted molar refractivity (Wildman–Crippen MR) is 123 cm³/mol. The molecule has 0 saturated carbocycles. The number of guanidine groups is 1. The van der Waals surface area contributed by atoms with Crippen molar-refractivity contribution in [3.8, 4) is 22.9 Å². The molecule has 8 nitrogen and oxygen atoms in total. The van der Waals surface area contributed by atoms with Gasteiger partial charge in [-0.1, -0.05) is 42.4 Å². The van der Waals surface area contributed by atoms with Crippen LogP contribution in [0.25, 0.3) is 11.4 Å². The van der Waals surface area contributed by atoms with Crippen LogP contribution >= 0.6 is 24.0 Å². The lowest BCUT2D eigenvalue weighted by molar-refractivity contribution is 0.355. The maximum absolute atomic E-state index is 5.99. The average molecular weight is 509 g/mol. The Balaban J connectivity index is 0.00000300. The van der Waals surface area contributed by atoms with Crippen molar-refractivity contribution in [3.05, 3.63) is 54.4 Å². The van der Waals surface area contributed by atoms with E-state index in [2.05, 4.69) is 20.4 Å². The number of halogens is 1. The fourth-order valence-corrected chi connectivity index (χ4v) is 2.55. The van der Waals surface area contributed by atoms with Crippen molar-refractivity contribution in [2.75, 3.05) is 26.1 Å². The third-order valence-corrected chi connectivity index (χ3v) is 4.09. The molecule has 2 aromatic carbocycles. The van der Waals surface area contributed by atoms with Gasteiger partial charge in [0.2, 0.25) is 11.7 Å². The van der Waals surface area contributed by atoms with Crippen LogP contribution in [-0.2, 0) is 0 Å². The van der Waals surface area contributed by atoms with E-state index in [4.69, 9.17) is 19.7 Å². The lowest BCUT2D eigenvalue weighted by Crippen LogP contribution is -2.23. The molecular formula is C20H24IN5O3. The summed E-state index contributed by atoms with van der Waals surface area (Å²) in [5.41, 5.74) is 7.64. The zero-order valence-corrected chi connectivity index (χ0v) is 18.8. The van der Waals surface area contributed by atoms with Crippen LogP contribution in [0, 0.1) is 0 Å². The number of rotatable bonds is 7. The molecule has 0 saturated heterocycles. The summed E-state index contributed by atoms with van der Waals surface area (Å²) in [6.07, 6.45) is 0. The van der Waals surface area contributed by atoms with E-state index in [1.807, 2.05) is 43.3 Å². The lowest BCUT2D eigenvalue weighted by atomic mass is 10.2. The number of hydrogen-bond acceptors (Lipinski definition) is 6. The molecule has 3 N–H and O–H groups in total. The van der Waals surface area contributed by atoms with Crippen molar-refractivity contribution in [1.82, 2.24) is 10.1 Å². The van der Waals surface area contributed by atoms with Crippen molar-refractivity contribution >= 4 is 35.6 Å². The van der Waals surface area contributed by atoms with Gasteiger partial charge in [0, 0.05) is 17.3 Å². The van der Waals surface area contributed by atoms with Crippen molar-refractivity contribution in [2.24, 2.45) is 10.7 Å². The van der Waals surface area contributed by atoms with Crippen molar-refractivity contribution < 1.29 is 14.0 Å². The molecule has 1 atom stereocenters. The molecule has 9 heteroatoms. The second kappa shape index (κ2) is 10.6. The molecule has 0 aliphatic rings. The third kappa shape index (κ3) is 5.83. The van der Waals surface area contributed by atoms with Gasteiger partial charge in [-0.3, -0.25) is 4.99 Å². The molecule has 0 aliphatic carbocycles. The van der Waals surface area contributed by atoms with Gasteiger partial charge in [0.05, 0.1) is 26.7 Å². The monoisotopic (exact) mass is 509 g/mol. The van der Waals surface area contributed by atoms with E-state index < -0.39 is 0 Å². The maximum Gasteiger partial charge on any atom is 0.231 e. The third-order valence-electron chi connectivity index (χ3n) is 4.09. The highest BCUT2D eigenvalue weighted by molar-refractivity contribution is 14.0. The topological polar surface area (TPSA) is 108 Å². The van der Waals surface area contributed by atoms with E-state index in [0.29, 0.717) is 29.8 Å². The number of methoxy groups -OCH3 is 2. The highest BCUT2D eigenvalue weighted by Crippen LogP contribution is 2.29. The highest BCUT2D eigenvalue weighted by Gasteiger charge is 2.15. The Hall–Kier alpha value is -2.82. The van der Waals surface area contributed by atoms with E-state index in [9.17, 15) is 0 Å². The molecular weight excluding hydrogens is 485 g/mol. The number of nitrogens with two attached hydrogens (primary N) is 1. The number of aliphatic imine (C=N–C) groups is 1. The van der Waals surface area contributed by atoms with Crippen LogP contribution in [0.1, 0.15) is 18.7 Å². The van der Waals surface area contributed by atoms with Gasteiger partial charge >= 0.3 is 0 Å². The molecule has 0 fully saturated rings. The highest BCUT2D eigenvalue weighted by atomic mass is 127. The summed E-state index contributed by atoms with van der Waals surface area (Å²) in [5.74, 6) is 2.53. The molecule has 0 aliphatic heterocycles. The molecule has 0 amide bonds. The Morgan fingerprint density at radius 3 is 2.55 bits per heavy atom. The van der Waals surface area contributed by atoms with Crippen LogP contribution in [0.3, 0.4) is 0 Å². The minimum absolute atomic E-state index is 0. The quantitative estimate of drug-likeness (QED) is 0.283. The first kappa shape index (κ1) is 22.5. The maximum atomic E-state index is 5.99. The molecule has 3 aromatic rings. The van der Waals surface area contributed by atoms with Gasteiger partial charge < -0.3 is 25.0 Å². The Morgan fingerprint density at radius 2 is 1.86 bits per heavy atom. The van der Waals surface area contributed by atoms with Gasteiger partial charge in [-0.05, 0) is 12.1 Å². The lowest BCUT2D eigenvalue weighted by Gasteiger charge is -2.11. The first-order valence-corrected chi connectivity index (χ1v) is 8.78. The largest absolute Gasteiger partial charge is 0.493 e. The summed E-state index contributed by atoms with van der Waals surface area (Å²) in [4.78, 5) is 8.80. The first-order valence-electron chi connectivity index (χ1n) is 8.78. The number of aromatic nitrogens is 2. The average Bonchev–Trinajstić information content (AvgIpc) is 3.23. The Labute approximate surface area is 186 Å². The van der Waals surface area contributed by atoms with Gasteiger partial charge in [-0.15, -0.1) is 24.0 Å². The summed E-state index contributed by atoms with van der Waals surface area (Å²) in [6.45, 7) is 2.36. The normalized spacial score (nSPS) is 12.0. The van der Waals surface area contributed by atoms with Gasteiger partial charge in [-0.25, -0.2) is 0 Å². The SMILES string of the molecule is COc1ccc(NC(N)=NCC(C)c2nc(-c3ccccc3)no2)cc1OC.I. The number of hydrogen-bond donors (Lipinski definition) is 2. The Bertz CT molecular complexity index is 946. The van der Waals surface area contributed by atoms with Crippen LogP contribution in [0.15, 0.2) is 58.0 Å². The molecule has 3 rings (SSSR count). The molecule has 1 unspecified atom stereocenters. The van der Waals surface area contributed by atoms with Gasteiger partial charge in [-0.2, -0.15) is 4.98 Å². The van der Waals surface area contributed by atoms with E-state index >= 15 is 0 Å². The van der Waals surface area contributed by atoms with Crippen molar-refractivity contribution in [1.29, 1.82) is 0 Å². The summed E-state index contributed by atoms with van der Waals surface area (Å²) in [5, 5.41) is 7.06. The van der Waals surface area contributed by atoms with E-state index in [1.54, 1.807) is 26.4 Å². The van der Waals surface area contributed by atoms with Gasteiger partial charge in [0.1, 0.15) is 0 Å². The molecule has 29 heavy (non-hydrogen) atoms. The number of ether oxygens (including phenoxy) is 2. The number of anilines is 1. The van der Waals surface area contributed by atoms with E-state index in [0.717, 1.165) is 11.3 Å². The number of benzene rings is 2. The summed E-state index contributed by atoms with van der Waals surface area (Å²) >= 11 is 0. The summed E-state index contributed by atoms with van der Waals surface area (Å²) in [7, 11) is 3.16. The van der Waals surface area contributed by atoms with Crippen LogP contribution in [0.5, 0.6) is 11.5 Å². The van der Waals surface area contributed by atoms with Crippen LogP contribution in [-0.4, -0.2) is 36.9 Å². The van der Waals surface area contributed by atoms with Crippen LogP contribution in [0.2, 0.25) is 0 Å². The first-order chi connectivity index (χ1) is 13.6. The molecule has 0 radical (unpaired) electrons. The fourth-order valence-electron chi connectivity index (χ4n) is 2.55. The van der Waals surface area contributed by atoms with Crippen molar-refractivity contribution in [3.63, 3.8) is 0 Å². The molecule has 1 heterocycles. The van der Waals surface area contributed by atoms with Crippen molar-refractivity contribution in [2.45, 2.75) is 12.8 Å². The molecule has 154 valence electrons. The smallest absolute Gasteiger partial charge is 0.231 e. The van der Waals surface area contributed by atoms with E-state index in [1.165, 1.54) is 0 Å². The van der Waals surface area contributed by atoms with E-state index in [-0.39, 0.29) is 35.9 Å². The minimum Gasteiger partial charge on any atom is -0.493 e. The molecule has 1 aromatic heterocycles. The molecule has 0 spiro atoms. The Morgan fingerprint density at radius 1 is 1.14 bits per heavy atom. The Kier molecular flexibility index (Phi) is 8.25. The zero-order valence-electron chi connectivity index (χ0n) is 16.5. The van der Waals surface area contributed by atoms with Crippen LogP contribution in [0.4, 0.5) is 5.69 Å². The second-order valence-corrected chi connectivity index (χ2v) is 6.14. The van der Waals surface area contributed by atoms with Gasteiger partial charge in [0.25, 0.3) is 0 Å². The van der Waals surface area contributed by atoms with Gasteiger partial charge in [0.15, 0.2) is 17.5 Å². The number of nitrogens with one attached hydrogen (secondary N) is 1. The molecule has 0 bridgehead atoms. The second-order valence-electron chi connectivity index (χ2n) is 6.14. The minimum atomic E-state index is -0.0734. The summed E-state index contributed by atoms with van der Waals surface area (Å²) in [6, 6.07) is 15.1. The standard InChI is InChI=1S/C20H23N5O3.HI/c1-13(19-24-18(25-28-19)14-7-5-4-6-8-14)12-22-20(21)23-15-9-10-16(26-2)17(11-15)27-3;/h4-11,13H,12H2,1-3H3,(H3,21,22,23);1H. The zero-order chi connectivity index (χ0) is 19.9. The fraction of sp³-hybridized carbons (Fsp3) is 0.250.